The first-order valence-electron chi connectivity index (χ1n) is 8.34. The van der Waals surface area contributed by atoms with Crippen LogP contribution in [0.25, 0.3) is 0 Å². The Morgan fingerprint density at radius 1 is 1.33 bits per heavy atom. The van der Waals surface area contributed by atoms with Gasteiger partial charge in [0.25, 0.3) is 0 Å². The van der Waals surface area contributed by atoms with Crippen LogP contribution in [-0.4, -0.2) is 54.3 Å². The predicted octanol–water partition coefficient (Wildman–Crippen LogP) is 2.72. The standard InChI is InChI=1S/C18H29N3O3/c1-13-11-21(17(22)24-18(2,3)4)9-8-20(13)12-14-10-15(19)6-7-16(14)23-5/h6-7,10,13H,8-9,11-12,19H2,1-5H3/t13-/m0/s1. The van der Waals surface area contributed by atoms with Crippen molar-refractivity contribution in [3.8, 4) is 5.75 Å². The normalized spacial score (nSPS) is 19.2. The highest BCUT2D eigenvalue weighted by molar-refractivity contribution is 5.68. The van der Waals surface area contributed by atoms with Gasteiger partial charge in [0.05, 0.1) is 7.11 Å². The second-order valence-corrected chi connectivity index (χ2v) is 7.32. The number of nitrogen functional groups attached to an aromatic ring is 1. The fourth-order valence-electron chi connectivity index (χ4n) is 2.86. The van der Waals surface area contributed by atoms with E-state index in [0.717, 1.165) is 30.1 Å². The molecule has 1 aromatic rings. The lowest BCUT2D eigenvalue weighted by Crippen LogP contribution is -2.54. The summed E-state index contributed by atoms with van der Waals surface area (Å²) in [5.74, 6) is 0.839. The number of anilines is 1. The molecule has 1 aromatic carbocycles. The van der Waals surface area contributed by atoms with Crippen molar-refractivity contribution in [1.82, 2.24) is 9.80 Å². The Labute approximate surface area is 144 Å². The van der Waals surface area contributed by atoms with E-state index in [1.807, 2.05) is 39.0 Å². The lowest BCUT2D eigenvalue weighted by atomic mass is 10.1. The maximum absolute atomic E-state index is 12.2. The van der Waals surface area contributed by atoms with Crippen molar-refractivity contribution in [1.29, 1.82) is 0 Å². The third kappa shape index (κ3) is 4.77. The Morgan fingerprint density at radius 2 is 2.04 bits per heavy atom. The molecular weight excluding hydrogens is 306 g/mol. The maximum atomic E-state index is 12.2. The summed E-state index contributed by atoms with van der Waals surface area (Å²) < 4.78 is 10.9. The van der Waals surface area contributed by atoms with Crippen LogP contribution in [0.3, 0.4) is 0 Å². The van der Waals surface area contributed by atoms with Gasteiger partial charge in [-0.2, -0.15) is 0 Å². The van der Waals surface area contributed by atoms with Crippen LogP contribution in [0.5, 0.6) is 5.75 Å². The number of ether oxygens (including phenoxy) is 2. The SMILES string of the molecule is COc1ccc(N)cc1CN1CCN(C(=O)OC(C)(C)C)C[C@@H]1C. The van der Waals surface area contributed by atoms with Crippen molar-refractivity contribution < 1.29 is 14.3 Å². The molecule has 1 saturated heterocycles. The molecule has 6 nitrogen and oxygen atoms in total. The summed E-state index contributed by atoms with van der Waals surface area (Å²) in [6, 6.07) is 5.92. The molecule has 2 N–H and O–H groups in total. The molecule has 134 valence electrons. The van der Waals surface area contributed by atoms with Gasteiger partial charge in [0.1, 0.15) is 11.4 Å². The Bertz CT molecular complexity index is 583. The summed E-state index contributed by atoms with van der Waals surface area (Å²) in [7, 11) is 1.67. The van der Waals surface area contributed by atoms with Crippen LogP contribution in [0.1, 0.15) is 33.3 Å². The van der Waals surface area contributed by atoms with E-state index >= 15 is 0 Å². The molecule has 1 heterocycles. The smallest absolute Gasteiger partial charge is 0.410 e. The van der Waals surface area contributed by atoms with Gasteiger partial charge >= 0.3 is 6.09 Å². The van der Waals surface area contributed by atoms with Crippen molar-refractivity contribution in [2.24, 2.45) is 0 Å². The highest BCUT2D eigenvalue weighted by atomic mass is 16.6. The van der Waals surface area contributed by atoms with E-state index in [-0.39, 0.29) is 12.1 Å². The molecule has 0 bridgehead atoms. The number of hydrogen-bond donors (Lipinski definition) is 1. The van der Waals surface area contributed by atoms with Crippen LogP contribution in [0.15, 0.2) is 18.2 Å². The molecule has 6 heteroatoms. The molecule has 24 heavy (non-hydrogen) atoms. The van der Waals surface area contributed by atoms with Crippen molar-refractivity contribution >= 4 is 11.8 Å². The van der Waals surface area contributed by atoms with Gasteiger partial charge in [-0.1, -0.05) is 0 Å². The number of methoxy groups -OCH3 is 1. The first kappa shape index (κ1) is 18.4. The molecule has 0 radical (unpaired) electrons. The molecule has 1 fully saturated rings. The Balaban J connectivity index is 1.99. The van der Waals surface area contributed by atoms with Crippen molar-refractivity contribution in [2.75, 3.05) is 32.5 Å². The van der Waals surface area contributed by atoms with Crippen molar-refractivity contribution in [3.63, 3.8) is 0 Å². The number of nitrogens with zero attached hydrogens (tertiary/aromatic N) is 2. The van der Waals surface area contributed by atoms with E-state index in [4.69, 9.17) is 15.2 Å². The van der Waals surface area contributed by atoms with E-state index in [0.29, 0.717) is 13.1 Å². The van der Waals surface area contributed by atoms with Crippen LogP contribution in [0.2, 0.25) is 0 Å². The largest absolute Gasteiger partial charge is 0.496 e. The minimum atomic E-state index is -0.466. The number of hydrogen-bond acceptors (Lipinski definition) is 5. The number of benzene rings is 1. The molecule has 2 rings (SSSR count). The summed E-state index contributed by atoms with van der Waals surface area (Å²) >= 11 is 0. The zero-order valence-electron chi connectivity index (χ0n) is 15.3. The Morgan fingerprint density at radius 3 is 2.62 bits per heavy atom. The summed E-state index contributed by atoms with van der Waals surface area (Å²) in [6.07, 6.45) is -0.240. The summed E-state index contributed by atoms with van der Waals surface area (Å²) in [6.45, 7) is 10.6. The van der Waals surface area contributed by atoms with E-state index in [1.54, 1.807) is 12.0 Å². The lowest BCUT2D eigenvalue weighted by molar-refractivity contribution is 0.00452. The third-order valence-electron chi connectivity index (χ3n) is 4.09. The van der Waals surface area contributed by atoms with Gasteiger partial charge in [-0.05, 0) is 45.9 Å². The van der Waals surface area contributed by atoms with Gasteiger partial charge in [-0.15, -0.1) is 0 Å². The monoisotopic (exact) mass is 335 g/mol. The molecule has 1 aliphatic rings. The zero-order chi connectivity index (χ0) is 17.9. The topological polar surface area (TPSA) is 68.0 Å². The Hall–Kier alpha value is -1.95. The molecule has 0 spiro atoms. The number of amides is 1. The molecule has 0 saturated carbocycles. The van der Waals surface area contributed by atoms with E-state index in [2.05, 4.69) is 11.8 Å². The quantitative estimate of drug-likeness (QED) is 0.860. The predicted molar refractivity (Wildman–Crippen MR) is 95.1 cm³/mol. The van der Waals surface area contributed by atoms with Crippen LogP contribution < -0.4 is 10.5 Å². The fourth-order valence-corrected chi connectivity index (χ4v) is 2.86. The summed E-state index contributed by atoms with van der Waals surface area (Å²) in [5, 5.41) is 0. The van der Waals surface area contributed by atoms with Crippen LogP contribution in [0.4, 0.5) is 10.5 Å². The van der Waals surface area contributed by atoms with Crippen LogP contribution >= 0.6 is 0 Å². The summed E-state index contributed by atoms with van der Waals surface area (Å²) in [4.78, 5) is 16.3. The minimum absolute atomic E-state index is 0.234. The van der Waals surface area contributed by atoms with Gasteiger partial charge in [-0.25, -0.2) is 4.79 Å². The van der Waals surface area contributed by atoms with Gasteiger partial charge < -0.3 is 20.1 Å². The molecule has 1 amide bonds. The number of piperazine rings is 1. The van der Waals surface area contributed by atoms with Gasteiger partial charge in [0.15, 0.2) is 0 Å². The summed E-state index contributed by atoms with van der Waals surface area (Å²) in [5.41, 5.74) is 7.23. The third-order valence-corrected chi connectivity index (χ3v) is 4.09. The number of nitrogens with two attached hydrogens (primary N) is 1. The highest BCUT2D eigenvalue weighted by Gasteiger charge is 2.30. The van der Waals surface area contributed by atoms with E-state index in [1.165, 1.54) is 0 Å². The molecule has 0 unspecified atom stereocenters. The van der Waals surface area contributed by atoms with Crippen LogP contribution in [-0.2, 0) is 11.3 Å². The molecule has 0 aliphatic carbocycles. The molecule has 1 aliphatic heterocycles. The first-order valence-corrected chi connectivity index (χ1v) is 8.34. The van der Waals surface area contributed by atoms with E-state index < -0.39 is 5.60 Å². The minimum Gasteiger partial charge on any atom is -0.496 e. The van der Waals surface area contributed by atoms with Crippen LogP contribution in [0, 0.1) is 0 Å². The maximum Gasteiger partial charge on any atom is 0.410 e. The van der Waals surface area contributed by atoms with Crippen molar-refractivity contribution in [3.05, 3.63) is 23.8 Å². The zero-order valence-corrected chi connectivity index (χ0v) is 15.3. The second-order valence-electron chi connectivity index (χ2n) is 7.32. The van der Waals surface area contributed by atoms with Gasteiger partial charge in [0.2, 0.25) is 0 Å². The molecule has 1 atom stereocenters. The number of rotatable bonds is 3. The van der Waals surface area contributed by atoms with Gasteiger partial charge in [-0.3, -0.25) is 4.90 Å². The average molecular weight is 335 g/mol. The second kappa shape index (κ2) is 7.30. The average Bonchev–Trinajstić information content (AvgIpc) is 2.47. The molecule has 0 aromatic heterocycles. The lowest BCUT2D eigenvalue weighted by Gasteiger charge is -2.40. The van der Waals surface area contributed by atoms with Crippen molar-refractivity contribution in [2.45, 2.75) is 45.9 Å². The van der Waals surface area contributed by atoms with E-state index in [9.17, 15) is 4.79 Å². The van der Waals surface area contributed by atoms with Gasteiger partial charge in [0, 0.05) is 43.5 Å². The molecular formula is C18H29N3O3. The Kier molecular flexibility index (Phi) is 5.59. The first-order chi connectivity index (χ1) is 11.2. The fraction of sp³-hybridized carbons (Fsp3) is 0.611. The number of carbonyl (C=O) groups excluding carboxylic acids is 1. The highest BCUT2D eigenvalue weighted by Crippen LogP contribution is 2.25. The number of carbonyl (C=O) groups is 1.